The maximum Gasteiger partial charge on any atom is 0.432 e. The fraction of sp³-hybridized carbons (Fsp3) is 0.130. The Kier molecular flexibility index (Phi) is 4.61. The average molecular weight is 411 g/mol. The van der Waals surface area contributed by atoms with Crippen LogP contribution in [0.25, 0.3) is 16.4 Å². The molecule has 4 aromatic rings. The topological polar surface area (TPSA) is 47.8 Å². The number of carbonyl (C=O) groups is 2. The quantitative estimate of drug-likeness (QED) is 0.333. The predicted molar refractivity (Wildman–Crippen MR) is 106 cm³/mol. The molecule has 152 valence electrons. The summed E-state index contributed by atoms with van der Waals surface area (Å²) >= 11 is 0. The molecule has 0 N–H and O–H groups in total. The van der Waals surface area contributed by atoms with Crippen LogP contribution in [0, 0.1) is 6.92 Å². The number of nitrogens with zero attached hydrogens (tertiary/aromatic N) is 1. The van der Waals surface area contributed by atoms with Crippen molar-refractivity contribution in [2.24, 2.45) is 0 Å². The number of para-hydroxylation sites is 1. The molecule has 0 fully saturated rings. The second kappa shape index (κ2) is 7.02. The van der Waals surface area contributed by atoms with Crippen molar-refractivity contribution in [1.82, 2.24) is 4.40 Å². The lowest BCUT2D eigenvalue weighted by Crippen LogP contribution is -2.17. The first-order valence-corrected chi connectivity index (χ1v) is 9.07. The Morgan fingerprint density at radius 2 is 1.53 bits per heavy atom. The van der Waals surface area contributed by atoms with Gasteiger partial charge in [0.25, 0.3) is 0 Å². The van der Waals surface area contributed by atoms with Crippen molar-refractivity contribution in [2.45, 2.75) is 13.1 Å². The van der Waals surface area contributed by atoms with Crippen LogP contribution in [0.4, 0.5) is 13.2 Å². The SMILES string of the molecule is COC(=O)c1c(C(=O)c2ccc(C)cc2)c2ccc3ccccc3n2c1C(F)(F)F. The lowest BCUT2D eigenvalue weighted by molar-refractivity contribution is -0.142. The standard InChI is InChI=1S/C23H16F3NO3/c1-13-7-9-15(10-8-13)20(28)18-17-12-11-14-5-3-4-6-16(14)27(17)21(23(24,25)26)19(18)22(29)30-2/h3-12H,1-2H3. The van der Waals surface area contributed by atoms with Crippen molar-refractivity contribution in [1.29, 1.82) is 0 Å². The highest BCUT2D eigenvalue weighted by Gasteiger charge is 2.43. The molecule has 0 aliphatic rings. The normalized spacial score (nSPS) is 11.8. The zero-order valence-corrected chi connectivity index (χ0v) is 16.1. The summed E-state index contributed by atoms with van der Waals surface area (Å²) in [5.74, 6) is -1.90. The number of hydrogen-bond donors (Lipinski definition) is 0. The predicted octanol–water partition coefficient (Wildman–Crippen LogP) is 5.44. The smallest absolute Gasteiger partial charge is 0.432 e. The van der Waals surface area contributed by atoms with Gasteiger partial charge in [0, 0.05) is 5.56 Å². The second-order valence-electron chi connectivity index (χ2n) is 6.90. The number of carbonyl (C=O) groups excluding carboxylic acids is 2. The zero-order valence-electron chi connectivity index (χ0n) is 16.1. The largest absolute Gasteiger partial charge is 0.465 e. The maximum absolute atomic E-state index is 14.2. The molecule has 0 amide bonds. The van der Waals surface area contributed by atoms with E-state index >= 15 is 0 Å². The summed E-state index contributed by atoms with van der Waals surface area (Å²) in [5.41, 5.74) is -1.04. The van der Waals surface area contributed by atoms with Gasteiger partial charge >= 0.3 is 12.1 Å². The van der Waals surface area contributed by atoms with E-state index in [-0.39, 0.29) is 22.2 Å². The first-order valence-electron chi connectivity index (χ1n) is 9.07. The van der Waals surface area contributed by atoms with Crippen LogP contribution in [0.3, 0.4) is 0 Å². The monoisotopic (exact) mass is 411 g/mol. The van der Waals surface area contributed by atoms with Gasteiger partial charge in [0.05, 0.1) is 23.7 Å². The number of fused-ring (bicyclic) bond motifs is 3. The first kappa shape index (κ1) is 19.7. The number of rotatable bonds is 3. The number of halogens is 3. The number of ketones is 1. The molecule has 30 heavy (non-hydrogen) atoms. The van der Waals surface area contributed by atoms with Gasteiger partial charge in [-0.05, 0) is 24.4 Å². The second-order valence-corrected chi connectivity index (χ2v) is 6.90. The number of benzene rings is 2. The van der Waals surface area contributed by atoms with Crippen molar-refractivity contribution >= 4 is 28.2 Å². The summed E-state index contributed by atoms with van der Waals surface area (Å²) in [7, 11) is 0.989. The third kappa shape index (κ3) is 3.03. The van der Waals surface area contributed by atoms with E-state index in [9.17, 15) is 22.8 Å². The van der Waals surface area contributed by atoms with Crippen molar-refractivity contribution in [3.05, 3.63) is 88.6 Å². The van der Waals surface area contributed by atoms with Crippen molar-refractivity contribution in [3.8, 4) is 0 Å². The number of methoxy groups -OCH3 is 1. The summed E-state index contributed by atoms with van der Waals surface area (Å²) in [6, 6.07) is 15.9. The fourth-order valence-corrected chi connectivity index (χ4v) is 3.65. The molecule has 0 aliphatic heterocycles. The van der Waals surface area contributed by atoms with Crippen LogP contribution in [0.1, 0.15) is 37.5 Å². The van der Waals surface area contributed by atoms with Crippen LogP contribution < -0.4 is 0 Å². The zero-order chi connectivity index (χ0) is 21.6. The molecule has 7 heteroatoms. The minimum absolute atomic E-state index is 0.00741. The van der Waals surface area contributed by atoms with Crippen LogP contribution >= 0.6 is 0 Å². The van der Waals surface area contributed by atoms with E-state index in [1.807, 2.05) is 6.92 Å². The molecule has 0 spiro atoms. The van der Waals surface area contributed by atoms with Gasteiger partial charge in [0.15, 0.2) is 5.78 Å². The molecule has 0 atom stereocenters. The number of pyridine rings is 1. The Labute approximate surface area is 169 Å². The van der Waals surface area contributed by atoms with Crippen LogP contribution in [0.2, 0.25) is 0 Å². The van der Waals surface area contributed by atoms with Gasteiger partial charge in [-0.1, -0.05) is 54.1 Å². The number of alkyl halides is 3. The molecule has 0 saturated heterocycles. The lowest BCUT2D eigenvalue weighted by atomic mass is 9.98. The van der Waals surface area contributed by atoms with Crippen molar-refractivity contribution < 1.29 is 27.5 Å². The molecule has 0 aliphatic carbocycles. The highest BCUT2D eigenvalue weighted by molar-refractivity contribution is 6.20. The third-order valence-corrected chi connectivity index (χ3v) is 5.00. The molecular weight excluding hydrogens is 395 g/mol. The Balaban J connectivity index is 2.18. The number of esters is 1. The summed E-state index contributed by atoms with van der Waals surface area (Å²) in [6.45, 7) is 1.83. The molecule has 0 radical (unpaired) electrons. The van der Waals surface area contributed by atoms with E-state index in [0.29, 0.717) is 5.39 Å². The van der Waals surface area contributed by atoms with Gasteiger partial charge in [-0.3, -0.25) is 4.79 Å². The third-order valence-electron chi connectivity index (χ3n) is 5.00. The lowest BCUT2D eigenvalue weighted by Gasteiger charge is -2.11. The van der Waals surface area contributed by atoms with Gasteiger partial charge < -0.3 is 9.14 Å². The summed E-state index contributed by atoms with van der Waals surface area (Å²) in [5, 5.41) is 0.538. The van der Waals surface area contributed by atoms with Gasteiger partial charge in [-0.15, -0.1) is 0 Å². The van der Waals surface area contributed by atoms with Crippen LogP contribution in [-0.4, -0.2) is 23.3 Å². The number of hydrogen-bond acceptors (Lipinski definition) is 3. The molecule has 4 rings (SSSR count). The van der Waals surface area contributed by atoms with E-state index in [4.69, 9.17) is 0 Å². The van der Waals surface area contributed by atoms with E-state index in [1.54, 1.807) is 36.4 Å². The van der Waals surface area contributed by atoms with Crippen LogP contribution in [0.15, 0.2) is 60.7 Å². The minimum atomic E-state index is -4.90. The van der Waals surface area contributed by atoms with Gasteiger partial charge in [0.2, 0.25) is 0 Å². The Hall–Kier alpha value is -3.61. The Morgan fingerprint density at radius 1 is 0.867 bits per heavy atom. The minimum Gasteiger partial charge on any atom is -0.465 e. The summed E-state index contributed by atoms with van der Waals surface area (Å²) < 4.78 is 48.2. The molecule has 0 bridgehead atoms. The van der Waals surface area contributed by atoms with E-state index in [0.717, 1.165) is 17.1 Å². The molecule has 4 nitrogen and oxygen atoms in total. The van der Waals surface area contributed by atoms with Crippen molar-refractivity contribution in [3.63, 3.8) is 0 Å². The first-order chi connectivity index (χ1) is 14.2. The molecule has 0 saturated carbocycles. The van der Waals surface area contributed by atoms with E-state index < -0.39 is 29.2 Å². The highest BCUT2D eigenvalue weighted by Crippen LogP contribution is 2.40. The van der Waals surface area contributed by atoms with Gasteiger partial charge in [-0.25, -0.2) is 4.79 Å². The Bertz CT molecular complexity index is 1300. The van der Waals surface area contributed by atoms with E-state index in [2.05, 4.69) is 4.74 Å². The average Bonchev–Trinajstić information content (AvgIpc) is 3.09. The molecule has 2 heterocycles. The van der Waals surface area contributed by atoms with Crippen LogP contribution in [0.5, 0.6) is 0 Å². The number of ether oxygens (including phenoxy) is 1. The number of aryl methyl sites for hydroxylation is 1. The van der Waals surface area contributed by atoms with Gasteiger partial charge in [0.1, 0.15) is 11.3 Å². The summed E-state index contributed by atoms with van der Waals surface area (Å²) in [6.07, 6.45) is -4.90. The maximum atomic E-state index is 14.2. The highest BCUT2D eigenvalue weighted by atomic mass is 19.4. The van der Waals surface area contributed by atoms with Crippen molar-refractivity contribution in [2.75, 3.05) is 7.11 Å². The number of aromatic nitrogens is 1. The van der Waals surface area contributed by atoms with Gasteiger partial charge in [-0.2, -0.15) is 13.2 Å². The molecular formula is C23H16F3NO3. The summed E-state index contributed by atoms with van der Waals surface area (Å²) in [4.78, 5) is 25.8. The van der Waals surface area contributed by atoms with Crippen LogP contribution in [-0.2, 0) is 10.9 Å². The Morgan fingerprint density at radius 3 is 2.17 bits per heavy atom. The molecule has 2 aromatic heterocycles. The molecule has 2 aromatic carbocycles. The molecule has 0 unspecified atom stereocenters. The van der Waals surface area contributed by atoms with E-state index in [1.165, 1.54) is 24.3 Å². The fourth-order valence-electron chi connectivity index (χ4n) is 3.65.